The molecule has 4 rings (SSSR count). The molecule has 150 valence electrons. The van der Waals surface area contributed by atoms with Gasteiger partial charge in [-0.15, -0.1) is 11.3 Å². The van der Waals surface area contributed by atoms with Crippen molar-refractivity contribution >= 4 is 32.9 Å². The molecule has 0 amide bonds. The van der Waals surface area contributed by atoms with Gasteiger partial charge in [-0.2, -0.15) is 0 Å². The minimum atomic E-state index is 0.0636. The molecule has 29 heavy (non-hydrogen) atoms. The Bertz CT molecular complexity index is 1010. The third-order valence-corrected chi connectivity index (χ3v) is 6.78. The SMILES string of the molecule is COc1ccc(CN2CCN(C(C)C(=C=O)c3csc4ccccc34)CC2)cc1. The Morgan fingerprint density at radius 3 is 2.52 bits per heavy atom. The fourth-order valence-corrected chi connectivity index (χ4v) is 4.99. The molecule has 0 aliphatic carbocycles. The second-order valence-electron chi connectivity index (χ2n) is 7.50. The van der Waals surface area contributed by atoms with Crippen LogP contribution in [0.2, 0.25) is 0 Å². The second kappa shape index (κ2) is 8.93. The number of benzene rings is 2. The van der Waals surface area contributed by atoms with Gasteiger partial charge in [-0.05, 0) is 30.7 Å². The summed E-state index contributed by atoms with van der Waals surface area (Å²) in [5.41, 5.74) is 3.10. The smallest absolute Gasteiger partial charge is 0.130 e. The fraction of sp³-hybridized carbons (Fsp3) is 0.333. The maximum atomic E-state index is 11.9. The average molecular weight is 407 g/mol. The summed E-state index contributed by atoms with van der Waals surface area (Å²) < 4.78 is 6.45. The summed E-state index contributed by atoms with van der Waals surface area (Å²) in [5.74, 6) is 3.15. The van der Waals surface area contributed by atoms with Crippen LogP contribution in [0.1, 0.15) is 18.1 Å². The molecule has 0 radical (unpaired) electrons. The van der Waals surface area contributed by atoms with Gasteiger partial charge in [-0.1, -0.05) is 30.3 Å². The Morgan fingerprint density at radius 2 is 1.83 bits per heavy atom. The summed E-state index contributed by atoms with van der Waals surface area (Å²) in [6.07, 6.45) is 0. The molecule has 2 heterocycles. The van der Waals surface area contributed by atoms with Gasteiger partial charge in [0.1, 0.15) is 11.7 Å². The second-order valence-corrected chi connectivity index (χ2v) is 8.41. The van der Waals surface area contributed by atoms with E-state index in [0.29, 0.717) is 0 Å². The van der Waals surface area contributed by atoms with Crippen molar-refractivity contribution in [2.75, 3.05) is 33.3 Å². The van der Waals surface area contributed by atoms with E-state index in [1.165, 1.54) is 10.3 Å². The van der Waals surface area contributed by atoms with Crippen molar-refractivity contribution in [1.29, 1.82) is 0 Å². The van der Waals surface area contributed by atoms with E-state index < -0.39 is 0 Å². The predicted octanol–water partition coefficient (Wildman–Crippen LogP) is 4.33. The number of rotatable bonds is 6. The highest BCUT2D eigenvalue weighted by molar-refractivity contribution is 7.17. The van der Waals surface area contributed by atoms with Gasteiger partial charge in [0.05, 0.1) is 12.7 Å². The first kappa shape index (κ1) is 19.9. The number of carbonyl (C=O) groups excluding carboxylic acids is 1. The molecule has 0 bridgehead atoms. The Morgan fingerprint density at radius 1 is 1.10 bits per heavy atom. The van der Waals surface area contributed by atoms with Crippen LogP contribution in [0.3, 0.4) is 0 Å². The van der Waals surface area contributed by atoms with E-state index in [-0.39, 0.29) is 6.04 Å². The van der Waals surface area contributed by atoms with Crippen molar-refractivity contribution in [3.63, 3.8) is 0 Å². The summed E-state index contributed by atoms with van der Waals surface area (Å²) in [4.78, 5) is 16.8. The number of nitrogens with zero attached hydrogens (tertiary/aromatic N) is 2. The van der Waals surface area contributed by atoms with Gasteiger partial charge in [0.15, 0.2) is 0 Å². The van der Waals surface area contributed by atoms with Crippen molar-refractivity contribution < 1.29 is 9.53 Å². The highest BCUT2D eigenvalue weighted by Gasteiger charge is 2.26. The lowest BCUT2D eigenvalue weighted by Gasteiger charge is -2.38. The van der Waals surface area contributed by atoms with Gasteiger partial charge in [0.25, 0.3) is 0 Å². The maximum absolute atomic E-state index is 11.9. The van der Waals surface area contributed by atoms with Crippen LogP contribution in [0.5, 0.6) is 5.75 Å². The molecular formula is C24H26N2O2S. The van der Waals surface area contributed by atoms with E-state index in [1.807, 2.05) is 24.3 Å². The lowest BCUT2D eigenvalue weighted by atomic mass is 9.98. The molecule has 1 unspecified atom stereocenters. The van der Waals surface area contributed by atoms with Gasteiger partial charge in [0, 0.05) is 59.8 Å². The third-order valence-electron chi connectivity index (χ3n) is 5.82. The number of methoxy groups -OCH3 is 1. The lowest BCUT2D eigenvalue weighted by molar-refractivity contribution is 0.115. The molecule has 1 fully saturated rings. The first-order valence-corrected chi connectivity index (χ1v) is 10.9. The molecule has 1 aliphatic rings. The quantitative estimate of drug-likeness (QED) is 0.571. The normalized spacial score (nSPS) is 16.5. The Hall–Kier alpha value is -2.43. The van der Waals surface area contributed by atoms with E-state index in [0.717, 1.165) is 55.0 Å². The molecule has 1 saturated heterocycles. The zero-order valence-corrected chi connectivity index (χ0v) is 17.7. The molecule has 0 spiro atoms. The van der Waals surface area contributed by atoms with Crippen molar-refractivity contribution in [3.8, 4) is 5.75 Å². The summed E-state index contributed by atoms with van der Waals surface area (Å²) >= 11 is 1.69. The first-order chi connectivity index (χ1) is 14.2. The van der Waals surface area contributed by atoms with Crippen LogP contribution < -0.4 is 4.74 Å². The van der Waals surface area contributed by atoms with E-state index in [9.17, 15) is 4.79 Å². The lowest BCUT2D eigenvalue weighted by Crippen LogP contribution is -2.49. The standard InChI is InChI=1S/C24H26N2O2S/c1-18(22(16-27)23-17-29-24-6-4-3-5-21(23)24)26-13-11-25(12-14-26)15-19-7-9-20(28-2)10-8-19/h3-10,17-18H,11-15H2,1-2H3. The molecule has 0 N–H and O–H groups in total. The monoisotopic (exact) mass is 406 g/mol. The van der Waals surface area contributed by atoms with Crippen LogP contribution in [0, 0.1) is 0 Å². The number of ether oxygens (including phenoxy) is 1. The minimum Gasteiger partial charge on any atom is -0.497 e. The minimum absolute atomic E-state index is 0.0636. The van der Waals surface area contributed by atoms with E-state index in [2.05, 4.69) is 52.3 Å². The predicted molar refractivity (Wildman–Crippen MR) is 120 cm³/mol. The summed E-state index contributed by atoms with van der Waals surface area (Å²) in [7, 11) is 1.69. The van der Waals surface area contributed by atoms with Crippen LogP contribution >= 0.6 is 11.3 Å². The van der Waals surface area contributed by atoms with E-state index >= 15 is 0 Å². The number of hydrogen-bond donors (Lipinski definition) is 0. The van der Waals surface area contributed by atoms with Crippen molar-refractivity contribution in [3.05, 3.63) is 65.0 Å². The summed E-state index contributed by atoms with van der Waals surface area (Å²) in [6.45, 7) is 6.96. The fourth-order valence-electron chi connectivity index (χ4n) is 4.03. The summed E-state index contributed by atoms with van der Waals surface area (Å²) in [5, 5.41) is 3.25. The average Bonchev–Trinajstić information content (AvgIpc) is 3.19. The zero-order valence-electron chi connectivity index (χ0n) is 16.9. The van der Waals surface area contributed by atoms with Crippen molar-refractivity contribution in [2.24, 2.45) is 0 Å². The molecule has 0 saturated carbocycles. The third kappa shape index (κ3) is 4.29. The van der Waals surface area contributed by atoms with Gasteiger partial charge in [-0.3, -0.25) is 9.80 Å². The molecule has 2 aromatic carbocycles. The highest BCUT2D eigenvalue weighted by atomic mass is 32.1. The Kier molecular flexibility index (Phi) is 6.12. The first-order valence-electron chi connectivity index (χ1n) is 10.0. The topological polar surface area (TPSA) is 32.8 Å². The van der Waals surface area contributed by atoms with Gasteiger partial charge < -0.3 is 4.74 Å². The molecule has 5 heteroatoms. The number of piperazine rings is 1. The van der Waals surface area contributed by atoms with Crippen molar-refractivity contribution in [1.82, 2.24) is 9.80 Å². The van der Waals surface area contributed by atoms with Crippen LogP contribution in [0.15, 0.2) is 53.9 Å². The van der Waals surface area contributed by atoms with Gasteiger partial charge >= 0.3 is 0 Å². The summed E-state index contributed by atoms with van der Waals surface area (Å²) in [6, 6.07) is 16.6. The molecule has 1 atom stereocenters. The van der Waals surface area contributed by atoms with Crippen LogP contribution in [0.4, 0.5) is 0 Å². The molecule has 3 aromatic rings. The van der Waals surface area contributed by atoms with Gasteiger partial charge in [0.2, 0.25) is 0 Å². The molecule has 4 nitrogen and oxygen atoms in total. The van der Waals surface area contributed by atoms with E-state index in [1.54, 1.807) is 18.4 Å². The van der Waals surface area contributed by atoms with Crippen LogP contribution in [-0.2, 0) is 11.3 Å². The van der Waals surface area contributed by atoms with Gasteiger partial charge in [-0.25, -0.2) is 4.79 Å². The zero-order chi connectivity index (χ0) is 20.2. The highest BCUT2D eigenvalue weighted by Crippen LogP contribution is 2.32. The maximum Gasteiger partial charge on any atom is 0.130 e. The largest absolute Gasteiger partial charge is 0.497 e. The number of fused-ring (bicyclic) bond motifs is 1. The molecular weight excluding hydrogens is 380 g/mol. The Balaban J connectivity index is 1.40. The van der Waals surface area contributed by atoms with Crippen molar-refractivity contribution in [2.45, 2.75) is 19.5 Å². The Labute approximate surface area is 176 Å². The van der Waals surface area contributed by atoms with E-state index in [4.69, 9.17) is 4.74 Å². The van der Waals surface area contributed by atoms with Crippen LogP contribution in [0.25, 0.3) is 15.7 Å². The molecule has 1 aliphatic heterocycles. The molecule has 1 aromatic heterocycles. The number of hydrogen-bond acceptors (Lipinski definition) is 5. The van der Waals surface area contributed by atoms with Crippen LogP contribution in [-0.4, -0.2) is 55.1 Å². The number of thiophene rings is 1.